The summed E-state index contributed by atoms with van der Waals surface area (Å²) < 4.78 is 13.5. The third-order valence-electron chi connectivity index (χ3n) is 5.01. The molecule has 1 aliphatic rings. The van der Waals surface area contributed by atoms with Crippen LogP contribution in [0.25, 0.3) is 22.3 Å². The Morgan fingerprint density at radius 1 is 1.07 bits per heavy atom. The van der Waals surface area contributed by atoms with E-state index < -0.39 is 0 Å². The van der Waals surface area contributed by atoms with Gasteiger partial charge >= 0.3 is 0 Å². The minimum Gasteiger partial charge on any atom is -0.357 e. The molecule has 1 aliphatic heterocycles. The Labute approximate surface area is 161 Å². The van der Waals surface area contributed by atoms with Crippen molar-refractivity contribution < 1.29 is 4.39 Å². The molecule has 1 aromatic carbocycles. The minimum atomic E-state index is -0.229. The zero-order chi connectivity index (χ0) is 19.1. The molecule has 0 saturated heterocycles. The second kappa shape index (κ2) is 6.69. The zero-order valence-electron chi connectivity index (χ0n) is 15.4. The smallest absolute Gasteiger partial charge is 0.161 e. The summed E-state index contributed by atoms with van der Waals surface area (Å²) >= 11 is 0. The Hall–Kier alpha value is -3.32. The van der Waals surface area contributed by atoms with E-state index in [0.717, 1.165) is 52.3 Å². The maximum absolute atomic E-state index is 13.5. The van der Waals surface area contributed by atoms with Gasteiger partial charge in [0.2, 0.25) is 0 Å². The van der Waals surface area contributed by atoms with E-state index in [9.17, 15) is 4.39 Å². The van der Waals surface area contributed by atoms with Gasteiger partial charge in [0, 0.05) is 60.3 Å². The number of hydrogen-bond donors (Lipinski definition) is 2. The molecule has 0 atom stereocenters. The van der Waals surface area contributed by atoms with Crippen molar-refractivity contribution in [1.29, 1.82) is 0 Å². The average Bonchev–Trinajstić information content (AvgIpc) is 3.33. The number of aromatic nitrogens is 4. The molecule has 0 spiro atoms. The summed E-state index contributed by atoms with van der Waals surface area (Å²) in [5.41, 5.74) is 5.04. The predicted octanol–water partition coefficient (Wildman–Crippen LogP) is 3.40. The van der Waals surface area contributed by atoms with E-state index in [-0.39, 0.29) is 5.82 Å². The molecule has 0 amide bonds. The fourth-order valence-corrected chi connectivity index (χ4v) is 3.68. The van der Waals surface area contributed by atoms with Crippen molar-refractivity contribution in [2.45, 2.75) is 19.6 Å². The van der Waals surface area contributed by atoms with Crippen molar-refractivity contribution in [2.75, 3.05) is 11.9 Å². The molecule has 0 unspecified atom stereocenters. The number of rotatable bonds is 4. The number of nitrogens with zero attached hydrogens (tertiary/aromatic N) is 4. The zero-order valence-corrected chi connectivity index (χ0v) is 15.4. The predicted molar refractivity (Wildman–Crippen MR) is 106 cm³/mol. The molecule has 5 rings (SSSR count). The average molecular weight is 374 g/mol. The maximum atomic E-state index is 13.5. The molecule has 2 N–H and O–H groups in total. The highest BCUT2D eigenvalue weighted by atomic mass is 19.1. The van der Waals surface area contributed by atoms with Crippen molar-refractivity contribution in [3.8, 4) is 11.4 Å². The van der Waals surface area contributed by atoms with Gasteiger partial charge in [-0.1, -0.05) is 0 Å². The van der Waals surface area contributed by atoms with Gasteiger partial charge in [-0.2, -0.15) is 0 Å². The number of aromatic amines is 1. The summed E-state index contributed by atoms with van der Waals surface area (Å²) in [5, 5.41) is 4.23. The first-order valence-electron chi connectivity index (χ1n) is 9.16. The Morgan fingerprint density at radius 2 is 1.93 bits per heavy atom. The Kier molecular flexibility index (Phi) is 4.02. The lowest BCUT2D eigenvalue weighted by molar-refractivity contribution is 0.630. The van der Waals surface area contributed by atoms with Crippen LogP contribution in [-0.2, 0) is 19.6 Å². The monoisotopic (exact) mass is 374 g/mol. The largest absolute Gasteiger partial charge is 0.357 e. The van der Waals surface area contributed by atoms with Crippen LogP contribution in [0.5, 0.6) is 0 Å². The third-order valence-corrected chi connectivity index (χ3v) is 5.01. The fraction of sp³-hybridized carbons (Fsp3) is 0.190. The summed E-state index contributed by atoms with van der Waals surface area (Å²) in [5.74, 6) is 1.38. The van der Waals surface area contributed by atoms with E-state index in [4.69, 9.17) is 9.97 Å². The van der Waals surface area contributed by atoms with Crippen LogP contribution >= 0.6 is 0 Å². The fourth-order valence-electron chi connectivity index (χ4n) is 3.68. The summed E-state index contributed by atoms with van der Waals surface area (Å²) in [6, 6.07) is 10.6. The molecular weight excluding hydrogens is 355 g/mol. The van der Waals surface area contributed by atoms with Crippen LogP contribution in [0.3, 0.4) is 0 Å². The molecule has 0 aliphatic carbocycles. The number of anilines is 1. The Morgan fingerprint density at radius 3 is 2.79 bits per heavy atom. The van der Waals surface area contributed by atoms with E-state index in [1.165, 1.54) is 6.07 Å². The van der Waals surface area contributed by atoms with Crippen molar-refractivity contribution in [1.82, 2.24) is 25.3 Å². The lowest BCUT2D eigenvalue weighted by atomic mass is 10.2. The molecule has 0 fully saturated rings. The molecule has 6 nitrogen and oxygen atoms in total. The number of benzene rings is 1. The maximum Gasteiger partial charge on any atom is 0.161 e. The summed E-state index contributed by atoms with van der Waals surface area (Å²) in [7, 11) is 2.02. The Bertz CT molecular complexity index is 1150. The van der Waals surface area contributed by atoms with Crippen LogP contribution in [0.2, 0.25) is 0 Å². The highest BCUT2D eigenvalue weighted by Gasteiger charge is 2.22. The lowest BCUT2D eigenvalue weighted by Crippen LogP contribution is -2.20. The molecule has 0 bridgehead atoms. The summed E-state index contributed by atoms with van der Waals surface area (Å²) in [4.78, 5) is 19.1. The van der Waals surface area contributed by atoms with Gasteiger partial charge in [-0.25, -0.2) is 14.4 Å². The van der Waals surface area contributed by atoms with E-state index in [0.29, 0.717) is 12.4 Å². The van der Waals surface area contributed by atoms with Gasteiger partial charge in [-0.05, 0) is 36.4 Å². The SMILES string of the molecule is CN(Cc1cc2cc(F)ccc2[nH]1)c1nc(-c2ccncc2)nc2c1CNC2. The minimum absolute atomic E-state index is 0.229. The second-order valence-corrected chi connectivity index (χ2v) is 7.02. The summed E-state index contributed by atoms with van der Waals surface area (Å²) in [6.45, 7) is 2.13. The molecule has 7 heteroatoms. The molecule has 0 saturated carbocycles. The number of nitrogens with one attached hydrogen (secondary N) is 2. The number of hydrogen-bond acceptors (Lipinski definition) is 5. The first-order valence-corrected chi connectivity index (χ1v) is 9.16. The molecular formula is C21H19FN6. The quantitative estimate of drug-likeness (QED) is 0.573. The van der Waals surface area contributed by atoms with Gasteiger partial charge in [-0.3, -0.25) is 4.98 Å². The van der Waals surface area contributed by atoms with Crippen LogP contribution < -0.4 is 10.2 Å². The van der Waals surface area contributed by atoms with Crippen molar-refractivity contribution in [2.24, 2.45) is 0 Å². The van der Waals surface area contributed by atoms with E-state index >= 15 is 0 Å². The van der Waals surface area contributed by atoms with Gasteiger partial charge in [0.05, 0.1) is 12.2 Å². The van der Waals surface area contributed by atoms with Crippen LogP contribution in [0, 0.1) is 5.82 Å². The van der Waals surface area contributed by atoms with Crippen molar-refractivity contribution in [3.63, 3.8) is 0 Å². The lowest BCUT2D eigenvalue weighted by Gasteiger charge is -2.21. The van der Waals surface area contributed by atoms with Gasteiger partial charge in [0.25, 0.3) is 0 Å². The Balaban J connectivity index is 1.51. The van der Waals surface area contributed by atoms with Crippen molar-refractivity contribution >= 4 is 16.7 Å². The van der Waals surface area contributed by atoms with Crippen molar-refractivity contribution in [3.05, 3.63) is 71.6 Å². The first kappa shape index (κ1) is 16.8. The summed E-state index contributed by atoms with van der Waals surface area (Å²) in [6.07, 6.45) is 3.49. The van der Waals surface area contributed by atoms with Crippen LogP contribution in [0.15, 0.2) is 48.8 Å². The normalized spacial score (nSPS) is 13.1. The molecule has 4 heterocycles. The molecule has 4 aromatic rings. The number of H-pyrrole nitrogens is 1. The highest BCUT2D eigenvalue weighted by Crippen LogP contribution is 2.28. The molecule has 140 valence electrons. The number of halogens is 1. The standard InChI is InChI=1S/C21H19FN6/c1-28(12-16-9-14-8-15(22)2-3-18(14)25-16)21-17-10-24-11-19(17)26-20(27-21)13-4-6-23-7-5-13/h2-9,24-25H,10-12H2,1H3. The van der Waals surface area contributed by atoms with Gasteiger partial charge < -0.3 is 15.2 Å². The number of pyridine rings is 1. The number of fused-ring (bicyclic) bond motifs is 2. The van der Waals surface area contributed by atoms with Crippen LogP contribution in [0.1, 0.15) is 17.0 Å². The van der Waals surface area contributed by atoms with Gasteiger partial charge in [0.1, 0.15) is 11.6 Å². The molecule has 3 aromatic heterocycles. The second-order valence-electron chi connectivity index (χ2n) is 7.02. The highest BCUT2D eigenvalue weighted by molar-refractivity contribution is 5.80. The third kappa shape index (κ3) is 2.99. The first-order chi connectivity index (χ1) is 13.7. The van der Waals surface area contributed by atoms with Gasteiger partial charge in [0.15, 0.2) is 5.82 Å². The van der Waals surface area contributed by atoms with E-state index in [1.807, 2.05) is 25.2 Å². The molecule has 28 heavy (non-hydrogen) atoms. The molecule has 0 radical (unpaired) electrons. The van der Waals surface area contributed by atoms with Crippen LogP contribution in [0.4, 0.5) is 10.2 Å². The van der Waals surface area contributed by atoms with E-state index in [1.54, 1.807) is 24.5 Å². The van der Waals surface area contributed by atoms with E-state index in [2.05, 4.69) is 20.2 Å². The van der Waals surface area contributed by atoms with Crippen LogP contribution in [-0.4, -0.2) is 27.0 Å². The van der Waals surface area contributed by atoms with Gasteiger partial charge in [-0.15, -0.1) is 0 Å². The topological polar surface area (TPSA) is 69.7 Å².